The first-order valence-electron chi connectivity index (χ1n) is 7.86. The van der Waals surface area contributed by atoms with E-state index in [2.05, 4.69) is 20.5 Å². The van der Waals surface area contributed by atoms with Crippen molar-refractivity contribution in [2.75, 3.05) is 26.3 Å². The lowest BCUT2D eigenvalue weighted by Gasteiger charge is -2.33. The highest BCUT2D eigenvalue weighted by Crippen LogP contribution is 2.23. The van der Waals surface area contributed by atoms with Crippen LogP contribution in [0, 0.1) is 12.7 Å². The van der Waals surface area contributed by atoms with Gasteiger partial charge in [0, 0.05) is 13.1 Å². The molecule has 3 rings (SSSR count). The van der Waals surface area contributed by atoms with Crippen molar-refractivity contribution in [3.8, 4) is 0 Å². The summed E-state index contributed by atoms with van der Waals surface area (Å²) in [6.45, 7) is 4.36. The molecule has 0 radical (unpaired) electrons. The zero-order chi connectivity index (χ0) is 16.9. The number of ether oxygens (including phenoxy) is 1. The van der Waals surface area contributed by atoms with Gasteiger partial charge in [0.25, 0.3) is 0 Å². The highest BCUT2D eigenvalue weighted by molar-refractivity contribution is 5.83. The summed E-state index contributed by atoms with van der Waals surface area (Å²) in [7, 11) is 0. The number of amides is 1. The number of carbonyl (C=O) groups is 1. The van der Waals surface area contributed by atoms with Crippen LogP contribution in [0.15, 0.2) is 24.3 Å². The summed E-state index contributed by atoms with van der Waals surface area (Å²) in [5.41, 5.74) is 0.626. The quantitative estimate of drug-likeness (QED) is 0.851. The molecule has 1 amide bonds. The average molecular weight is 333 g/mol. The lowest BCUT2D eigenvalue weighted by Crippen LogP contribution is -2.45. The molecule has 1 saturated heterocycles. The van der Waals surface area contributed by atoms with Crippen LogP contribution in [0.1, 0.15) is 23.3 Å². The van der Waals surface area contributed by atoms with Gasteiger partial charge in [-0.25, -0.2) is 9.37 Å². The number of hydrogen-bond acceptors (Lipinski definition) is 5. The molecule has 0 aliphatic carbocycles. The third-order valence-electron chi connectivity index (χ3n) is 3.89. The summed E-state index contributed by atoms with van der Waals surface area (Å²) in [4.78, 5) is 18.9. The largest absolute Gasteiger partial charge is 0.379 e. The fourth-order valence-corrected chi connectivity index (χ4v) is 2.77. The molecular weight excluding hydrogens is 313 g/mol. The molecule has 1 atom stereocenters. The zero-order valence-electron chi connectivity index (χ0n) is 13.5. The molecular formula is C16H20FN5O2. The fourth-order valence-electron chi connectivity index (χ4n) is 2.77. The summed E-state index contributed by atoms with van der Waals surface area (Å²) in [5.74, 6) is 0.642. The minimum atomic E-state index is -0.565. The van der Waals surface area contributed by atoms with Crippen molar-refractivity contribution in [3.05, 3.63) is 47.3 Å². The minimum absolute atomic E-state index is 0.204. The number of aryl methyl sites for hydroxylation is 1. The number of H-pyrrole nitrogens is 1. The Bertz CT molecular complexity index is 699. The van der Waals surface area contributed by atoms with Gasteiger partial charge in [-0.15, -0.1) is 0 Å². The van der Waals surface area contributed by atoms with E-state index in [9.17, 15) is 9.18 Å². The van der Waals surface area contributed by atoms with Gasteiger partial charge >= 0.3 is 0 Å². The maximum absolute atomic E-state index is 13.6. The number of halogens is 1. The molecule has 2 heterocycles. The lowest BCUT2D eigenvalue weighted by molar-refractivity contribution is -0.128. The van der Waals surface area contributed by atoms with E-state index in [-0.39, 0.29) is 18.3 Å². The second-order valence-electron chi connectivity index (χ2n) is 5.66. The van der Waals surface area contributed by atoms with E-state index in [0.29, 0.717) is 43.5 Å². The number of rotatable bonds is 5. The smallest absolute Gasteiger partial charge is 0.242 e. The maximum Gasteiger partial charge on any atom is 0.242 e. The van der Waals surface area contributed by atoms with Crippen LogP contribution in [0.3, 0.4) is 0 Å². The maximum atomic E-state index is 13.6. The molecule has 7 nitrogen and oxygen atoms in total. The Balaban J connectivity index is 1.76. The monoisotopic (exact) mass is 333 g/mol. The molecule has 0 spiro atoms. The summed E-state index contributed by atoms with van der Waals surface area (Å²) < 4.78 is 19.0. The third kappa shape index (κ3) is 3.95. The summed E-state index contributed by atoms with van der Waals surface area (Å²) in [6.07, 6.45) is 0. The van der Waals surface area contributed by atoms with Crippen molar-refractivity contribution in [2.45, 2.75) is 19.5 Å². The van der Waals surface area contributed by atoms with Crippen molar-refractivity contribution in [1.82, 2.24) is 25.4 Å². The van der Waals surface area contributed by atoms with E-state index >= 15 is 0 Å². The Labute approximate surface area is 139 Å². The number of morpholine rings is 1. The van der Waals surface area contributed by atoms with E-state index in [4.69, 9.17) is 4.74 Å². The van der Waals surface area contributed by atoms with Gasteiger partial charge in [0.05, 0.1) is 19.8 Å². The number of benzene rings is 1. The highest BCUT2D eigenvalue weighted by Gasteiger charge is 2.29. The van der Waals surface area contributed by atoms with Gasteiger partial charge in [0.15, 0.2) is 5.82 Å². The van der Waals surface area contributed by atoms with Crippen LogP contribution in [-0.2, 0) is 16.1 Å². The van der Waals surface area contributed by atoms with E-state index in [1.54, 1.807) is 19.1 Å². The fraction of sp³-hybridized carbons (Fsp3) is 0.438. The van der Waals surface area contributed by atoms with Crippen LogP contribution < -0.4 is 5.32 Å². The molecule has 1 unspecified atom stereocenters. The number of nitrogens with zero attached hydrogens (tertiary/aromatic N) is 3. The molecule has 8 heteroatoms. The second-order valence-corrected chi connectivity index (χ2v) is 5.66. The Kier molecular flexibility index (Phi) is 5.17. The van der Waals surface area contributed by atoms with Crippen molar-refractivity contribution in [3.63, 3.8) is 0 Å². The predicted octanol–water partition coefficient (Wildman–Crippen LogP) is 0.942. The van der Waals surface area contributed by atoms with Crippen LogP contribution in [0.4, 0.5) is 4.39 Å². The van der Waals surface area contributed by atoms with Crippen molar-refractivity contribution < 1.29 is 13.9 Å². The van der Waals surface area contributed by atoms with Gasteiger partial charge < -0.3 is 10.1 Å². The standard InChI is InChI=1S/C16H20FN5O2/c1-11-19-14(21-20-11)10-18-16(23)15(22-5-7-24-8-6-22)12-3-2-4-13(17)9-12/h2-4,9,15H,5-8,10H2,1H3,(H,18,23)(H,19,20,21). The first kappa shape index (κ1) is 16.5. The highest BCUT2D eigenvalue weighted by atomic mass is 19.1. The molecule has 2 N–H and O–H groups in total. The first-order chi connectivity index (χ1) is 11.6. The summed E-state index contributed by atoms with van der Waals surface area (Å²) >= 11 is 0. The minimum Gasteiger partial charge on any atom is -0.379 e. The van der Waals surface area contributed by atoms with Crippen molar-refractivity contribution in [2.24, 2.45) is 0 Å². The Morgan fingerprint density at radius 3 is 2.92 bits per heavy atom. The first-order valence-corrected chi connectivity index (χ1v) is 7.86. The number of nitrogens with one attached hydrogen (secondary N) is 2. The van der Waals surface area contributed by atoms with Crippen LogP contribution in [0.5, 0.6) is 0 Å². The lowest BCUT2D eigenvalue weighted by atomic mass is 10.0. The molecule has 1 aromatic heterocycles. The summed E-state index contributed by atoms with van der Waals surface area (Å²) in [6, 6.07) is 5.58. The van der Waals surface area contributed by atoms with Crippen LogP contribution in [0.25, 0.3) is 0 Å². The molecule has 1 aromatic carbocycles. The molecule has 128 valence electrons. The molecule has 1 aliphatic heterocycles. The van der Waals surface area contributed by atoms with Crippen LogP contribution in [0.2, 0.25) is 0 Å². The van der Waals surface area contributed by atoms with Crippen LogP contribution >= 0.6 is 0 Å². The van der Waals surface area contributed by atoms with Gasteiger partial charge in [0.1, 0.15) is 17.7 Å². The normalized spacial score (nSPS) is 16.8. The third-order valence-corrected chi connectivity index (χ3v) is 3.89. The van der Waals surface area contributed by atoms with E-state index in [1.807, 2.05) is 4.90 Å². The van der Waals surface area contributed by atoms with Gasteiger partial charge in [-0.2, -0.15) is 5.10 Å². The Morgan fingerprint density at radius 2 is 2.25 bits per heavy atom. The summed E-state index contributed by atoms with van der Waals surface area (Å²) in [5, 5.41) is 9.58. The average Bonchev–Trinajstić information content (AvgIpc) is 3.00. The molecule has 0 saturated carbocycles. The molecule has 1 fully saturated rings. The van der Waals surface area contributed by atoms with E-state index < -0.39 is 6.04 Å². The van der Waals surface area contributed by atoms with E-state index in [1.165, 1.54) is 12.1 Å². The number of hydrogen-bond donors (Lipinski definition) is 2. The van der Waals surface area contributed by atoms with Gasteiger partial charge in [-0.1, -0.05) is 12.1 Å². The van der Waals surface area contributed by atoms with Crippen molar-refractivity contribution >= 4 is 5.91 Å². The van der Waals surface area contributed by atoms with Gasteiger partial charge in [0.2, 0.25) is 5.91 Å². The second kappa shape index (κ2) is 7.50. The van der Waals surface area contributed by atoms with Crippen LogP contribution in [-0.4, -0.2) is 52.3 Å². The topological polar surface area (TPSA) is 83.1 Å². The molecule has 2 aromatic rings. The predicted molar refractivity (Wildman–Crippen MR) is 84.5 cm³/mol. The molecule has 0 bridgehead atoms. The van der Waals surface area contributed by atoms with Gasteiger partial charge in [-0.05, 0) is 24.6 Å². The SMILES string of the molecule is Cc1nc(CNC(=O)C(c2cccc(F)c2)N2CCOCC2)n[nH]1. The van der Waals surface area contributed by atoms with E-state index in [0.717, 1.165) is 0 Å². The zero-order valence-corrected chi connectivity index (χ0v) is 13.5. The Morgan fingerprint density at radius 1 is 1.46 bits per heavy atom. The molecule has 1 aliphatic rings. The number of aromatic amines is 1. The molecule has 24 heavy (non-hydrogen) atoms. The van der Waals surface area contributed by atoms with Crippen molar-refractivity contribution in [1.29, 1.82) is 0 Å². The van der Waals surface area contributed by atoms with Gasteiger partial charge in [-0.3, -0.25) is 14.8 Å². The Hall–Kier alpha value is -2.32. The number of carbonyl (C=O) groups excluding carboxylic acids is 1. The number of aromatic nitrogens is 3.